The molecule has 0 unspecified atom stereocenters. The zero-order valence-electron chi connectivity index (χ0n) is 11.3. The average Bonchev–Trinajstić information content (AvgIpc) is 2.97. The highest BCUT2D eigenvalue weighted by atomic mass is 35.5. The molecule has 2 aromatic carbocycles. The van der Waals surface area contributed by atoms with Gasteiger partial charge in [0, 0.05) is 11.3 Å². The van der Waals surface area contributed by atoms with E-state index >= 15 is 0 Å². The average molecular weight is 301 g/mol. The molecular formula is C15H13ClN4O. The minimum absolute atomic E-state index is 0.529. The molecule has 0 aliphatic rings. The number of anilines is 1. The first-order valence-electron chi connectivity index (χ1n) is 6.29. The monoisotopic (exact) mass is 300 g/mol. The minimum atomic E-state index is 0.529. The van der Waals surface area contributed by atoms with E-state index in [1.54, 1.807) is 23.9 Å². The predicted molar refractivity (Wildman–Crippen MR) is 82.8 cm³/mol. The van der Waals surface area contributed by atoms with Gasteiger partial charge < -0.3 is 10.5 Å². The maximum absolute atomic E-state index is 6.17. The Kier molecular flexibility index (Phi) is 3.50. The SMILES string of the molecule is COc1ccc(-c2cn(-c3ccc(N)cc3Cl)nn2)cc1. The molecule has 0 aliphatic heterocycles. The third-order valence-electron chi connectivity index (χ3n) is 3.10. The van der Waals surface area contributed by atoms with Gasteiger partial charge in [0.05, 0.1) is 24.0 Å². The van der Waals surface area contributed by atoms with Crippen LogP contribution in [0.4, 0.5) is 5.69 Å². The van der Waals surface area contributed by atoms with Crippen molar-refractivity contribution in [2.75, 3.05) is 12.8 Å². The van der Waals surface area contributed by atoms with Crippen LogP contribution in [0.5, 0.6) is 5.75 Å². The van der Waals surface area contributed by atoms with Crippen LogP contribution in [0.2, 0.25) is 5.02 Å². The van der Waals surface area contributed by atoms with E-state index in [2.05, 4.69) is 10.3 Å². The van der Waals surface area contributed by atoms with Crippen molar-refractivity contribution < 1.29 is 4.74 Å². The Bertz CT molecular complexity index is 768. The zero-order valence-corrected chi connectivity index (χ0v) is 12.1. The van der Waals surface area contributed by atoms with Crippen LogP contribution >= 0.6 is 11.6 Å². The molecule has 0 saturated carbocycles. The minimum Gasteiger partial charge on any atom is -0.497 e. The lowest BCUT2D eigenvalue weighted by atomic mass is 10.1. The van der Waals surface area contributed by atoms with Gasteiger partial charge in [0.25, 0.3) is 0 Å². The molecule has 3 aromatic rings. The van der Waals surface area contributed by atoms with Crippen molar-refractivity contribution in [1.82, 2.24) is 15.0 Å². The topological polar surface area (TPSA) is 66.0 Å². The Morgan fingerprint density at radius 1 is 1.14 bits per heavy atom. The van der Waals surface area contributed by atoms with Crippen LogP contribution in [-0.4, -0.2) is 22.1 Å². The molecule has 21 heavy (non-hydrogen) atoms. The Morgan fingerprint density at radius 3 is 2.57 bits per heavy atom. The summed E-state index contributed by atoms with van der Waals surface area (Å²) in [6.45, 7) is 0. The fourth-order valence-electron chi connectivity index (χ4n) is 1.98. The molecule has 5 nitrogen and oxygen atoms in total. The number of ether oxygens (including phenoxy) is 1. The lowest BCUT2D eigenvalue weighted by molar-refractivity contribution is 0.415. The number of aromatic nitrogens is 3. The summed E-state index contributed by atoms with van der Waals surface area (Å²) in [6.07, 6.45) is 1.82. The molecule has 0 bridgehead atoms. The van der Waals surface area contributed by atoms with E-state index < -0.39 is 0 Å². The largest absolute Gasteiger partial charge is 0.497 e. The van der Waals surface area contributed by atoms with E-state index in [-0.39, 0.29) is 0 Å². The Labute approximate surface area is 126 Å². The second kappa shape index (κ2) is 5.46. The summed E-state index contributed by atoms with van der Waals surface area (Å²) in [7, 11) is 1.63. The summed E-state index contributed by atoms with van der Waals surface area (Å²) in [5.74, 6) is 0.799. The molecule has 0 fully saturated rings. The van der Waals surface area contributed by atoms with Gasteiger partial charge in [0.2, 0.25) is 0 Å². The molecule has 0 saturated heterocycles. The number of nitrogens with zero attached hydrogens (tertiary/aromatic N) is 3. The maximum Gasteiger partial charge on any atom is 0.118 e. The summed E-state index contributed by atoms with van der Waals surface area (Å²) in [4.78, 5) is 0. The first-order chi connectivity index (χ1) is 10.2. The van der Waals surface area contributed by atoms with E-state index in [0.29, 0.717) is 10.7 Å². The molecule has 0 atom stereocenters. The van der Waals surface area contributed by atoms with Crippen molar-refractivity contribution in [1.29, 1.82) is 0 Å². The van der Waals surface area contributed by atoms with E-state index in [4.69, 9.17) is 22.1 Å². The normalized spacial score (nSPS) is 10.6. The van der Waals surface area contributed by atoms with Crippen LogP contribution in [0.1, 0.15) is 0 Å². The first kappa shape index (κ1) is 13.5. The smallest absolute Gasteiger partial charge is 0.118 e. The lowest BCUT2D eigenvalue weighted by Gasteiger charge is -2.03. The fourth-order valence-corrected chi connectivity index (χ4v) is 2.26. The number of rotatable bonds is 3. The summed E-state index contributed by atoms with van der Waals surface area (Å²) >= 11 is 6.17. The zero-order chi connectivity index (χ0) is 14.8. The third kappa shape index (κ3) is 2.68. The summed E-state index contributed by atoms with van der Waals surface area (Å²) < 4.78 is 6.76. The van der Waals surface area contributed by atoms with Crippen LogP contribution < -0.4 is 10.5 Å². The van der Waals surface area contributed by atoms with Gasteiger partial charge in [-0.15, -0.1) is 5.10 Å². The van der Waals surface area contributed by atoms with Crippen LogP contribution in [0.25, 0.3) is 16.9 Å². The van der Waals surface area contributed by atoms with Crippen LogP contribution in [0.3, 0.4) is 0 Å². The molecule has 0 amide bonds. The highest BCUT2D eigenvalue weighted by Crippen LogP contribution is 2.25. The van der Waals surface area contributed by atoms with Gasteiger partial charge in [-0.3, -0.25) is 0 Å². The molecule has 0 aliphatic carbocycles. The molecular weight excluding hydrogens is 288 g/mol. The van der Waals surface area contributed by atoms with Crippen molar-refractivity contribution in [2.45, 2.75) is 0 Å². The van der Waals surface area contributed by atoms with Crippen LogP contribution in [-0.2, 0) is 0 Å². The molecule has 106 valence electrons. The number of hydrogen-bond acceptors (Lipinski definition) is 4. The van der Waals surface area contributed by atoms with Crippen molar-refractivity contribution in [3.8, 4) is 22.7 Å². The molecule has 1 heterocycles. The molecule has 3 rings (SSSR count). The fraction of sp³-hybridized carbons (Fsp3) is 0.0667. The Hall–Kier alpha value is -2.53. The standard InChI is InChI=1S/C15H13ClN4O/c1-21-12-5-2-10(3-6-12)14-9-20(19-18-14)15-7-4-11(17)8-13(15)16/h2-9H,17H2,1H3. The van der Waals surface area contributed by atoms with Gasteiger partial charge in [-0.25, -0.2) is 4.68 Å². The highest BCUT2D eigenvalue weighted by molar-refractivity contribution is 6.32. The van der Waals surface area contributed by atoms with E-state index in [0.717, 1.165) is 22.7 Å². The van der Waals surface area contributed by atoms with Gasteiger partial charge in [-0.05, 0) is 42.5 Å². The first-order valence-corrected chi connectivity index (χ1v) is 6.67. The van der Waals surface area contributed by atoms with Crippen molar-refractivity contribution in [3.63, 3.8) is 0 Å². The lowest BCUT2D eigenvalue weighted by Crippen LogP contribution is -1.96. The second-order valence-corrected chi connectivity index (χ2v) is 4.89. The number of hydrogen-bond donors (Lipinski definition) is 1. The quantitative estimate of drug-likeness (QED) is 0.754. The summed E-state index contributed by atoms with van der Waals surface area (Å²) in [6, 6.07) is 12.9. The second-order valence-electron chi connectivity index (χ2n) is 4.49. The van der Waals surface area contributed by atoms with Gasteiger partial charge in [-0.2, -0.15) is 0 Å². The number of benzene rings is 2. The maximum atomic E-state index is 6.17. The van der Waals surface area contributed by atoms with E-state index in [9.17, 15) is 0 Å². The summed E-state index contributed by atoms with van der Waals surface area (Å²) in [5, 5.41) is 8.80. The molecule has 0 radical (unpaired) electrons. The van der Waals surface area contributed by atoms with Gasteiger partial charge in [-0.1, -0.05) is 16.8 Å². The van der Waals surface area contributed by atoms with Crippen molar-refractivity contribution in [2.24, 2.45) is 0 Å². The predicted octanol–water partition coefficient (Wildman–Crippen LogP) is 3.18. The van der Waals surface area contributed by atoms with Crippen molar-refractivity contribution in [3.05, 3.63) is 53.7 Å². The molecule has 6 heteroatoms. The van der Waals surface area contributed by atoms with Gasteiger partial charge in [0.15, 0.2) is 0 Å². The number of nitrogen functional groups attached to an aromatic ring is 1. The van der Waals surface area contributed by atoms with Gasteiger partial charge >= 0.3 is 0 Å². The molecule has 0 spiro atoms. The van der Waals surface area contributed by atoms with Crippen LogP contribution in [0, 0.1) is 0 Å². The third-order valence-corrected chi connectivity index (χ3v) is 3.40. The molecule has 2 N–H and O–H groups in total. The summed E-state index contributed by atoms with van der Waals surface area (Å²) in [5.41, 5.74) is 8.74. The molecule has 1 aromatic heterocycles. The van der Waals surface area contributed by atoms with Gasteiger partial charge in [0.1, 0.15) is 11.4 Å². The Balaban J connectivity index is 1.95. The highest BCUT2D eigenvalue weighted by Gasteiger charge is 2.08. The number of nitrogens with two attached hydrogens (primary N) is 1. The Morgan fingerprint density at radius 2 is 1.90 bits per heavy atom. The number of halogens is 1. The van der Waals surface area contributed by atoms with Crippen LogP contribution in [0.15, 0.2) is 48.7 Å². The van der Waals surface area contributed by atoms with Crippen molar-refractivity contribution >= 4 is 17.3 Å². The van der Waals surface area contributed by atoms with E-state index in [1.165, 1.54) is 0 Å². The van der Waals surface area contributed by atoms with E-state index in [1.807, 2.05) is 36.5 Å². The number of methoxy groups -OCH3 is 1.